The molecule has 0 aliphatic carbocycles. The summed E-state index contributed by atoms with van der Waals surface area (Å²) in [6.45, 7) is 0.658. The Morgan fingerprint density at radius 1 is 1.38 bits per heavy atom. The monoisotopic (exact) mass is 336 g/mol. The first-order valence-electron chi connectivity index (χ1n) is 4.44. The molecule has 0 aliphatic rings. The van der Waals surface area contributed by atoms with E-state index in [1.165, 1.54) is 11.3 Å². The topological polar surface area (TPSA) is 24.9 Å². The van der Waals surface area contributed by atoms with Crippen LogP contribution in [0.2, 0.25) is 9.36 Å². The smallest absolute Gasteiger partial charge is 0.113 e. The summed E-state index contributed by atoms with van der Waals surface area (Å²) in [6.07, 6.45) is 1.65. The van der Waals surface area contributed by atoms with Crippen molar-refractivity contribution in [1.29, 1.82) is 0 Å². The third-order valence-electron chi connectivity index (χ3n) is 1.89. The second-order valence-corrected chi connectivity index (χ2v) is 6.05. The molecule has 0 aliphatic heterocycles. The molecule has 0 radical (unpaired) electrons. The van der Waals surface area contributed by atoms with E-state index in [9.17, 15) is 0 Å². The van der Waals surface area contributed by atoms with Gasteiger partial charge >= 0.3 is 0 Å². The molecular weight excluding hydrogens is 331 g/mol. The molecule has 0 fully saturated rings. The van der Waals surface area contributed by atoms with E-state index in [4.69, 9.17) is 23.2 Å². The summed E-state index contributed by atoms with van der Waals surface area (Å²) in [5.74, 6) is 0. The molecule has 1 heterocycles. The third kappa shape index (κ3) is 3.10. The van der Waals surface area contributed by atoms with Crippen LogP contribution in [-0.2, 0) is 6.54 Å². The van der Waals surface area contributed by atoms with Crippen molar-refractivity contribution < 1.29 is 0 Å². The van der Waals surface area contributed by atoms with E-state index in [-0.39, 0.29) is 0 Å². The summed E-state index contributed by atoms with van der Waals surface area (Å²) >= 11 is 16.5. The van der Waals surface area contributed by atoms with Gasteiger partial charge in [-0.3, -0.25) is 0 Å². The van der Waals surface area contributed by atoms with Gasteiger partial charge in [-0.2, -0.15) is 0 Å². The van der Waals surface area contributed by atoms with Crippen molar-refractivity contribution in [3.8, 4) is 0 Å². The lowest BCUT2D eigenvalue weighted by Crippen LogP contribution is -1.98. The lowest BCUT2D eigenvalue weighted by molar-refractivity contribution is 1.10. The van der Waals surface area contributed by atoms with Gasteiger partial charge in [0, 0.05) is 10.2 Å². The molecule has 0 amide bonds. The number of rotatable bonds is 3. The lowest BCUT2D eigenvalue weighted by Gasteiger charge is -2.05. The number of hydrogen-bond acceptors (Lipinski definition) is 3. The fourth-order valence-electron chi connectivity index (χ4n) is 1.15. The van der Waals surface area contributed by atoms with Crippen molar-refractivity contribution in [3.05, 3.63) is 43.2 Å². The normalized spacial score (nSPS) is 10.4. The molecule has 16 heavy (non-hydrogen) atoms. The maximum atomic E-state index is 5.90. The second kappa shape index (κ2) is 5.36. The van der Waals surface area contributed by atoms with Crippen LogP contribution in [0.5, 0.6) is 0 Å². The highest BCUT2D eigenvalue weighted by molar-refractivity contribution is 9.10. The van der Waals surface area contributed by atoms with Crippen LogP contribution in [0.4, 0.5) is 5.69 Å². The van der Waals surface area contributed by atoms with Gasteiger partial charge in [0.15, 0.2) is 0 Å². The maximum absolute atomic E-state index is 5.90. The summed E-state index contributed by atoms with van der Waals surface area (Å²) < 4.78 is 1.57. The van der Waals surface area contributed by atoms with Crippen LogP contribution in [0, 0.1) is 0 Å². The number of nitrogens with one attached hydrogen (secondary N) is 1. The van der Waals surface area contributed by atoms with Gasteiger partial charge in [-0.05, 0) is 34.1 Å². The largest absolute Gasteiger partial charge is 0.378 e. The number of nitrogens with zero attached hydrogens (tertiary/aromatic N) is 1. The first-order valence-corrected chi connectivity index (χ1v) is 6.81. The maximum Gasteiger partial charge on any atom is 0.113 e. The summed E-state index contributed by atoms with van der Waals surface area (Å²) in [4.78, 5) is 4.16. The number of halogens is 3. The van der Waals surface area contributed by atoms with Gasteiger partial charge in [0.1, 0.15) is 9.34 Å². The van der Waals surface area contributed by atoms with Crippen LogP contribution < -0.4 is 5.32 Å². The fourth-order valence-corrected chi connectivity index (χ4v) is 2.55. The number of anilines is 1. The molecule has 1 aromatic carbocycles. The van der Waals surface area contributed by atoms with Crippen molar-refractivity contribution in [1.82, 2.24) is 4.98 Å². The van der Waals surface area contributed by atoms with Crippen molar-refractivity contribution in [2.45, 2.75) is 6.54 Å². The van der Waals surface area contributed by atoms with Gasteiger partial charge < -0.3 is 5.32 Å². The Hall–Kier alpha value is -0.290. The Bertz CT molecular complexity index is 501. The van der Waals surface area contributed by atoms with Crippen molar-refractivity contribution >= 4 is 56.2 Å². The highest BCUT2D eigenvalue weighted by Crippen LogP contribution is 2.26. The highest BCUT2D eigenvalue weighted by atomic mass is 79.9. The molecular formula is C10H7BrCl2N2S. The molecule has 1 aromatic heterocycles. The lowest BCUT2D eigenvalue weighted by atomic mass is 10.3. The minimum Gasteiger partial charge on any atom is -0.378 e. The molecule has 1 N–H and O–H groups in total. The fraction of sp³-hybridized carbons (Fsp3) is 0.100. The Balaban J connectivity index is 2.02. The van der Waals surface area contributed by atoms with Gasteiger partial charge in [-0.1, -0.05) is 23.2 Å². The van der Waals surface area contributed by atoms with Crippen LogP contribution in [-0.4, -0.2) is 4.98 Å². The first-order chi connectivity index (χ1) is 7.65. The van der Waals surface area contributed by atoms with E-state index >= 15 is 0 Å². The van der Waals surface area contributed by atoms with Gasteiger partial charge in [0.2, 0.25) is 0 Å². The molecule has 2 nitrogen and oxygen atoms in total. The molecule has 0 spiro atoms. The van der Waals surface area contributed by atoms with E-state index in [0.29, 0.717) is 15.9 Å². The minimum atomic E-state index is 0.658. The Labute approximate surface area is 116 Å². The standard InChI is InChI=1S/C10H7BrCl2N2S/c11-7-3-6(1-2-8(7)12)14-5-10-15-4-9(13)16-10/h1-4,14H,5H2. The predicted octanol–water partition coefficient (Wildman–Crippen LogP) is 4.82. The van der Waals surface area contributed by atoms with E-state index in [0.717, 1.165) is 15.2 Å². The van der Waals surface area contributed by atoms with Crippen LogP contribution in [0.25, 0.3) is 0 Å². The van der Waals surface area contributed by atoms with E-state index in [1.807, 2.05) is 18.2 Å². The number of hydrogen-bond donors (Lipinski definition) is 1. The van der Waals surface area contributed by atoms with Crippen LogP contribution in [0.3, 0.4) is 0 Å². The van der Waals surface area contributed by atoms with Gasteiger partial charge in [0.05, 0.1) is 17.8 Å². The van der Waals surface area contributed by atoms with E-state index < -0.39 is 0 Å². The highest BCUT2D eigenvalue weighted by Gasteiger charge is 2.01. The van der Waals surface area contributed by atoms with Crippen molar-refractivity contribution in [2.24, 2.45) is 0 Å². The Morgan fingerprint density at radius 3 is 2.81 bits per heavy atom. The van der Waals surface area contributed by atoms with Crippen LogP contribution in [0.1, 0.15) is 5.01 Å². The van der Waals surface area contributed by atoms with Gasteiger partial charge in [0.25, 0.3) is 0 Å². The molecule has 2 aromatic rings. The molecule has 0 saturated carbocycles. The zero-order valence-corrected chi connectivity index (χ0v) is 11.9. The van der Waals surface area contributed by atoms with Crippen LogP contribution in [0.15, 0.2) is 28.9 Å². The number of benzene rings is 1. The molecule has 84 valence electrons. The van der Waals surface area contributed by atoms with Gasteiger partial charge in [-0.25, -0.2) is 4.98 Å². The summed E-state index contributed by atoms with van der Waals surface area (Å²) in [5, 5.41) is 4.89. The predicted molar refractivity (Wildman–Crippen MR) is 73.6 cm³/mol. The summed E-state index contributed by atoms with van der Waals surface area (Å²) in [5.41, 5.74) is 0.989. The van der Waals surface area contributed by atoms with Gasteiger partial charge in [-0.15, -0.1) is 11.3 Å². The molecule has 6 heteroatoms. The molecule has 0 bridgehead atoms. The van der Waals surface area contributed by atoms with Crippen molar-refractivity contribution in [2.75, 3.05) is 5.32 Å². The average molecular weight is 338 g/mol. The minimum absolute atomic E-state index is 0.658. The Kier molecular flexibility index (Phi) is 4.08. The number of thiazole rings is 1. The summed E-state index contributed by atoms with van der Waals surface area (Å²) in [7, 11) is 0. The van der Waals surface area contributed by atoms with E-state index in [1.54, 1.807) is 6.20 Å². The zero-order chi connectivity index (χ0) is 11.5. The van der Waals surface area contributed by atoms with Crippen molar-refractivity contribution in [3.63, 3.8) is 0 Å². The third-order valence-corrected chi connectivity index (χ3v) is 4.22. The zero-order valence-electron chi connectivity index (χ0n) is 8.01. The molecule has 0 saturated heterocycles. The molecule has 0 unspecified atom stereocenters. The molecule has 0 atom stereocenters. The number of aromatic nitrogens is 1. The quantitative estimate of drug-likeness (QED) is 0.868. The second-order valence-electron chi connectivity index (χ2n) is 3.04. The van der Waals surface area contributed by atoms with Crippen LogP contribution >= 0.6 is 50.5 Å². The summed E-state index contributed by atoms with van der Waals surface area (Å²) in [6, 6.07) is 5.68. The average Bonchev–Trinajstić information content (AvgIpc) is 2.66. The SMILES string of the molecule is Clc1cnc(CNc2ccc(Cl)c(Br)c2)s1. The Morgan fingerprint density at radius 2 is 2.19 bits per heavy atom. The first kappa shape index (κ1) is 12.2. The van der Waals surface area contributed by atoms with E-state index in [2.05, 4.69) is 26.2 Å². The molecule has 2 rings (SSSR count).